The largest absolute Gasteiger partial charge is 0.336 e. The van der Waals surface area contributed by atoms with Gasteiger partial charge in [-0.25, -0.2) is 0 Å². The lowest BCUT2D eigenvalue weighted by atomic mass is 10.2. The van der Waals surface area contributed by atoms with E-state index < -0.39 is 0 Å². The smallest absolute Gasteiger partial charge is 0.253 e. The first-order chi connectivity index (χ1) is 15.3. The predicted octanol–water partition coefficient (Wildman–Crippen LogP) is 2.94. The van der Waals surface area contributed by atoms with Gasteiger partial charge in [0.2, 0.25) is 0 Å². The van der Waals surface area contributed by atoms with Gasteiger partial charge < -0.3 is 4.90 Å². The Morgan fingerprint density at radius 3 is 1.90 bits per heavy atom. The molecule has 1 saturated heterocycles. The monoisotopic (exact) mass is 415 g/mol. The summed E-state index contributed by atoms with van der Waals surface area (Å²) >= 11 is 0. The zero-order valence-corrected chi connectivity index (χ0v) is 17.8. The van der Waals surface area contributed by atoms with Crippen molar-refractivity contribution in [2.75, 3.05) is 39.3 Å². The molecule has 1 aliphatic heterocycles. The van der Waals surface area contributed by atoms with Crippen molar-refractivity contribution in [3.8, 4) is 0 Å². The van der Waals surface area contributed by atoms with Gasteiger partial charge in [-0.1, -0.05) is 30.3 Å². The van der Waals surface area contributed by atoms with Gasteiger partial charge in [0.05, 0.1) is 11.4 Å². The van der Waals surface area contributed by atoms with Gasteiger partial charge >= 0.3 is 0 Å². The van der Waals surface area contributed by atoms with Crippen molar-refractivity contribution in [1.82, 2.24) is 24.7 Å². The fourth-order valence-electron chi connectivity index (χ4n) is 3.88. The molecule has 31 heavy (non-hydrogen) atoms. The highest BCUT2D eigenvalue weighted by Gasteiger charge is 2.22. The molecule has 0 saturated carbocycles. The van der Waals surface area contributed by atoms with E-state index in [1.54, 1.807) is 0 Å². The molecule has 2 aromatic heterocycles. The van der Waals surface area contributed by atoms with E-state index in [2.05, 4.69) is 31.9 Å². The number of pyridine rings is 2. The number of hydrogen-bond acceptors (Lipinski definition) is 5. The van der Waals surface area contributed by atoms with Crippen LogP contribution in [0.4, 0.5) is 0 Å². The van der Waals surface area contributed by atoms with Crippen LogP contribution in [-0.2, 0) is 13.1 Å². The number of hydrogen-bond donors (Lipinski definition) is 0. The van der Waals surface area contributed by atoms with E-state index in [1.807, 2.05) is 71.9 Å². The van der Waals surface area contributed by atoms with Gasteiger partial charge in [0, 0.05) is 70.3 Å². The first-order valence-electron chi connectivity index (χ1n) is 10.9. The minimum Gasteiger partial charge on any atom is -0.336 e. The summed E-state index contributed by atoms with van der Waals surface area (Å²) in [5.41, 5.74) is 2.90. The molecule has 0 spiro atoms. The Morgan fingerprint density at radius 1 is 0.774 bits per heavy atom. The number of nitrogens with zero attached hydrogens (tertiary/aromatic N) is 5. The van der Waals surface area contributed by atoms with Gasteiger partial charge in [-0.2, -0.15) is 0 Å². The third-order valence-corrected chi connectivity index (χ3v) is 5.64. The highest BCUT2D eigenvalue weighted by Crippen LogP contribution is 2.11. The van der Waals surface area contributed by atoms with Crippen LogP contribution in [0.5, 0.6) is 0 Å². The molecule has 1 amide bonds. The summed E-state index contributed by atoms with van der Waals surface area (Å²) in [6.07, 6.45) is 3.69. The Bertz CT molecular complexity index is 886. The molecule has 0 unspecified atom stereocenters. The highest BCUT2D eigenvalue weighted by molar-refractivity contribution is 5.94. The summed E-state index contributed by atoms with van der Waals surface area (Å²) in [5.74, 6) is 0.132. The predicted molar refractivity (Wildman–Crippen MR) is 121 cm³/mol. The molecule has 1 aromatic carbocycles. The first-order valence-corrected chi connectivity index (χ1v) is 10.9. The lowest BCUT2D eigenvalue weighted by molar-refractivity contribution is 0.0619. The molecule has 0 radical (unpaired) electrons. The minimum atomic E-state index is 0.132. The van der Waals surface area contributed by atoms with Crippen molar-refractivity contribution in [2.45, 2.75) is 13.1 Å². The Balaban J connectivity index is 1.30. The van der Waals surface area contributed by atoms with Gasteiger partial charge in [-0.3, -0.25) is 24.6 Å². The van der Waals surface area contributed by atoms with Crippen molar-refractivity contribution in [3.63, 3.8) is 0 Å². The third-order valence-electron chi connectivity index (χ3n) is 5.64. The Labute approximate surface area is 184 Å². The Kier molecular flexibility index (Phi) is 7.37. The molecule has 0 bridgehead atoms. The zero-order chi connectivity index (χ0) is 21.3. The summed E-state index contributed by atoms with van der Waals surface area (Å²) in [7, 11) is 0. The summed E-state index contributed by atoms with van der Waals surface area (Å²) < 4.78 is 0. The first kappa shape index (κ1) is 21.2. The van der Waals surface area contributed by atoms with Crippen molar-refractivity contribution in [1.29, 1.82) is 0 Å². The van der Waals surface area contributed by atoms with E-state index in [1.165, 1.54) is 0 Å². The summed E-state index contributed by atoms with van der Waals surface area (Å²) in [6, 6.07) is 21.7. The van der Waals surface area contributed by atoms with Crippen LogP contribution in [-0.4, -0.2) is 69.8 Å². The fraction of sp³-hybridized carbons (Fsp3) is 0.320. The van der Waals surface area contributed by atoms with Crippen LogP contribution in [0.2, 0.25) is 0 Å². The minimum absolute atomic E-state index is 0.132. The van der Waals surface area contributed by atoms with E-state index in [-0.39, 0.29) is 5.91 Å². The Hall–Kier alpha value is -3.09. The van der Waals surface area contributed by atoms with Crippen molar-refractivity contribution < 1.29 is 4.79 Å². The number of rotatable bonds is 8. The van der Waals surface area contributed by atoms with Crippen LogP contribution >= 0.6 is 0 Å². The van der Waals surface area contributed by atoms with Gasteiger partial charge in [0.25, 0.3) is 5.91 Å². The fourth-order valence-corrected chi connectivity index (χ4v) is 3.88. The van der Waals surface area contributed by atoms with E-state index in [9.17, 15) is 4.79 Å². The molecular formula is C25H29N5O. The van der Waals surface area contributed by atoms with Crippen molar-refractivity contribution >= 4 is 5.91 Å². The highest BCUT2D eigenvalue weighted by atomic mass is 16.2. The maximum atomic E-state index is 12.7. The van der Waals surface area contributed by atoms with Gasteiger partial charge in [0.15, 0.2) is 0 Å². The molecule has 4 rings (SSSR count). The van der Waals surface area contributed by atoms with Crippen LogP contribution in [0, 0.1) is 0 Å². The molecule has 6 nitrogen and oxygen atoms in total. The molecule has 3 aromatic rings. The van der Waals surface area contributed by atoms with Crippen molar-refractivity contribution in [2.24, 2.45) is 0 Å². The lowest BCUT2D eigenvalue weighted by Gasteiger charge is -2.36. The van der Waals surface area contributed by atoms with E-state index in [0.29, 0.717) is 0 Å². The molecule has 0 aliphatic carbocycles. The maximum absolute atomic E-state index is 12.7. The second-order valence-corrected chi connectivity index (χ2v) is 7.85. The zero-order valence-electron chi connectivity index (χ0n) is 17.8. The second kappa shape index (κ2) is 10.8. The average molecular weight is 416 g/mol. The quantitative estimate of drug-likeness (QED) is 0.566. The summed E-state index contributed by atoms with van der Waals surface area (Å²) in [6.45, 7) is 6.84. The number of amides is 1. The molecule has 160 valence electrons. The molecule has 1 fully saturated rings. The molecule has 0 N–H and O–H groups in total. The molecule has 6 heteroatoms. The maximum Gasteiger partial charge on any atom is 0.253 e. The number of aromatic nitrogens is 2. The van der Waals surface area contributed by atoms with Crippen LogP contribution < -0.4 is 0 Å². The van der Waals surface area contributed by atoms with Crippen molar-refractivity contribution in [3.05, 3.63) is 96.1 Å². The van der Waals surface area contributed by atoms with E-state index in [0.717, 1.165) is 69.3 Å². The van der Waals surface area contributed by atoms with Crippen LogP contribution in [0.3, 0.4) is 0 Å². The van der Waals surface area contributed by atoms with E-state index in [4.69, 9.17) is 0 Å². The number of piperazine rings is 1. The van der Waals surface area contributed by atoms with Crippen LogP contribution in [0.1, 0.15) is 21.7 Å². The van der Waals surface area contributed by atoms with Crippen LogP contribution in [0.15, 0.2) is 79.1 Å². The molecular weight excluding hydrogens is 386 g/mol. The summed E-state index contributed by atoms with van der Waals surface area (Å²) in [5, 5.41) is 0. The molecule has 0 atom stereocenters. The molecule has 3 heterocycles. The summed E-state index contributed by atoms with van der Waals surface area (Å²) in [4.78, 5) is 28.5. The Morgan fingerprint density at radius 2 is 1.35 bits per heavy atom. The number of carbonyl (C=O) groups excluding carboxylic acids is 1. The standard InChI is InChI=1S/C25H29N5O/c31-25(22-8-2-1-3-9-22)30-18-16-28(17-19-30)14-15-29(20-23-10-4-6-12-26-23)21-24-11-5-7-13-27-24/h1-13H,14-21H2. The topological polar surface area (TPSA) is 52.6 Å². The second-order valence-electron chi connectivity index (χ2n) is 7.85. The lowest BCUT2D eigenvalue weighted by Crippen LogP contribution is -2.50. The normalized spacial score (nSPS) is 14.7. The van der Waals surface area contributed by atoms with E-state index >= 15 is 0 Å². The van der Waals surface area contributed by atoms with Gasteiger partial charge in [-0.15, -0.1) is 0 Å². The third kappa shape index (κ3) is 6.20. The average Bonchev–Trinajstić information content (AvgIpc) is 2.84. The van der Waals surface area contributed by atoms with Gasteiger partial charge in [0.1, 0.15) is 0 Å². The van der Waals surface area contributed by atoms with Gasteiger partial charge in [-0.05, 0) is 36.4 Å². The van der Waals surface area contributed by atoms with Crippen LogP contribution in [0.25, 0.3) is 0 Å². The molecule has 1 aliphatic rings. The number of benzene rings is 1. The number of carbonyl (C=O) groups is 1. The SMILES string of the molecule is O=C(c1ccccc1)N1CCN(CCN(Cc2ccccn2)Cc2ccccn2)CC1.